The molecule has 1 atom stereocenters. The largest absolute Gasteiger partial charge is 0.495 e. The van der Waals surface area contributed by atoms with E-state index in [9.17, 15) is 13.3 Å². The number of nitrogens with two attached hydrogens (primary N) is 1. The maximum Gasteiger partial charge on any atom is 0.384 e. The van der Waals surface area contributed by atoms with Gasteiger partial charge in [-0.05, 0) is 83.8 Å². The highest BCUT2D eigenvalue weighted by atomic mass is 32.2. The molecule has 0 radical (unpaired) electrons. The summed E-state index contributed by atoms with van der Waals surface area (Å²) >= 11 is 0. The summed E-state index contributed by atoms with van der Waals surface area (Å²) in [4.78, 5) is 10.1. The van der Waals surface area contributed by atoms with Gasteiger partial charge >= 0.3 is 8.24 Å². The second-order valence-corrected chi connectivity index (χ2v) is 14.4. The van der Waals surface area contributed by atoms with Crippen LogP contribution in [-0.4, -0.2) is 46.2 Å². The normalized spacial score (nSPS) is 12.0. The van der Waals surface area contributed by atoms with E-state index in [1.54, 1.807) is 12.1 Å². The molecule has 0 bridgehead atoms. The summed E-state index contributed by atoms with van der Waals surface area (Å²) in [6, 6.07) is 36.9. The summed E-state index contributed by atoms with van der Waals surface area (Å²) in [5.41, 5.74) is 2.15. The molecule has 1 heterocycles. The van der Waals surface area contributed by atoms with E-state index in [-0.39, 0.29) is 16.7 Å². The van der Waals surface area contributed by atoms with Crippen LogP contribution in [0.4, 0.5) is 0 Å². The van der Waals surface area contributed by atoms with E-state index in [2.05, 4.69) is 29.6 Å². The lowest BCUT2D eigenvalue weighted by molar-refractivity contribution is 0.272. The first-order valence-electron chi connectivity index (χ1n) is 16.8. The number of nitrogens with one attached hydrogen (secondary N) is 1. The number of methoxy groups -OCH3 is 1. The van der Waals surface area contributed by atoms with Crippen molar-refractivity contribution in [3.05, 3.63) is 121 Å². The molecule has 6 aromatic carbocycles. The SMILES string of the molecule is CCOc1ccccc1OCCN[C@@H](C)Cc1ccc(OC)c(S(N)(=O)=O)c1.Op1oc2ccc3ccccc3c2c2c(ccc3ccccc32)o1. The predicted molar refractivity (Wildman–Crippen MR) is 208 cm³/mol. The molecule has 270 valence electrons. The van der Waals surface area contributed by atoms with E-state index in [1.165, 1.54) is 7.11 Å². The Morgan fingerprint density at radius 3 is 1.88 bits per heavy atom. The number of primary sulfonamides is 1. The molecular formula is C40H41N2O8PS. The molecule has 0 saturated carbocycles. The molecule has 4 N–H and O–H groups in total. The van der Waals surface area contributed by atoms with Crippen molar-refractivity contribution >= 4 is 61.7 Å². The molecule has 0 aliphatic carbocycles. The van der Waals surface area contributed by atoms with Gasteiger partial charge in [-0.1, -0.05) is 78.9 Å². The minimum Gasteiger partial charge on any atom is -0.495 e. The Labute approximate surface area is 303 Å². The topological polar surface area (TPSA) is 146 Å². The Bertz CT molecular complexity index is 2390. The van der Waals surface area contributed by atoms with E-state index < -0.39 is 18.3 Å². The second kappa shape index (κ2) is 16.5. The molecule has 0 spiro atoms. The lowest BCUT2D eigenvalue weighted by Crippen LogP contribution is -2.32. The van der Waals surface area contributed by atoms with Crippen LogP contribution in [0.25, 0.3) is 43.5 Å². The fourth-order valence-corrected chi connectivity index (χ4v) is 7.59. The second-order valence-electron chi connectivity index (χ2n) is 12.1. The number of fused-ring (bicyclic) bond motifs is 7. The molecule has 0 unspecified atom stereocenters. The molecule has 1 aromatic heterocycles. The fourth-order valence-electron chi connectivity index (χ4n) is 6.16. The molecule has 0 fully saturated rings. The first kappa shape index (κ1) is 36.8. The third-order valence-electron chi connectivity index (χ3n) is 8.46. The van der Waals surface area contributed by atoms with Crippen molar-refractivity contribution in [1.82, 2.24) is 5.32 Å². The Morgan fingerprint density at radius 1 is 0.769 bits per heavy atom. The fraction of sp³-hybridized carbons (Fsp3) is 0.200. The Balaban J connectivity index is 0.000000180. The van der Waals surface area contributed by atoms with Gasteiger partial charge in [0.15, 0.2) is 11.5 Å². The van der Waals surface area contributed by atoms with E-state index in [1.807, 2.05) is 92.7 Å². The summed E-state index contributed by atoms with van der Waals surface area (Å²) in [6.45, 7) is 5.66. The average Bonchev–Trinajstić information content (AvgIpc) is 3.29. The Kier molecular flexibility index (Phi) is 11.7. The van der Waals surface area contributed by atoms with Gasteiger partial charge in [0.05, 0.1) is 13.7 Å². The highest BCUT2D eigenvalue weighted by molar-refractivity contribution is 7.89. The van der Waals surface area contributed by atoms with Gasteiger partial charge in [0, 0.05) is 23.4 Å². The van der Waals surface area contributed by atoms with Crippen LogP contribution in [0.1, 0.15) is 19.4 Å². The number of benzene rings is 6. The lowest BCUT2D eigenvalue weighted by Gasteiger charge is -2.16. The van der Waals surface area contributed by atoms with Crippen molar-refractivity contribution in [1.29, 1.82) is 0 Å². The Hall–Kier alpha value is -5.03. The molecular weight excluding hydrogens is 699 g/mol. The zero-order chi connectivity index (χ0) is 36.7. The van der Waals surface area contributed by atoms with Crippen LogP contribution in [0.15, 0.2) is 129 Å². The number of ether oxygens (including phenoxy) is 3. The van der Waals surface area contributed by atoms with Gasteiger partial charge in [-0.25, -0.2) is 13.6 Å². The van der Waals surface area contributed by atoms with Gasteiger partial charge in [-0.15, -0.1) is 0 Å². The first-order valence-corrected chi connectivity index (χ1v) is 19.5. The number of para-hydroxylation sites is 2. The van der Waals surface area contributed by atoms with Crippen LogP contribution in [0.2, 0.25) is 0 Å². The Morgan fingerprint density at radius 2 is 1.33 bits per heavy atom. The van der Waals surface area contributed by atoms with E-state index >= 15 is 0 Å². The molecule has 0 aliphatic heterocycles. The molecule has 0 amide bonds. The van der Waals surface area contributed by atoms with Crippen molar-refractivity contribution < 1.29 is 35.9 Å². The quantitative estimate of drug-likeness (QED) is 0.111. The smallest absolute Gasteiger partial charge is 0.384 e. The van der Waals surface area contributed by atoms with Crippen LogP contribution in [0.5, 0.6) is 17.2 Å². The van der Waals surface area contributed by atoms with E-state index in [0.29, 0.717) is 43.1 Å². The summed E-state index contributed by atoms with van der Waals surface area (Å²) in [7, 11) is -4.43. The zero-order valence-electron chi connectivity index (χ0n) is 29.1. The van der Waals surface area contributed by atoms with Gasteiger partial charge in [-0.2, -0.15) is 0 Å². The van der Waals surface area contributed by atoms with Crippen molar-refractivity contribution in [2.45, 2.75) is 31.2 Å². The molecule has 12 heteroatoms. The van der Waals surface area contributed by atoms with Crippen molar-refractivity contribution in [2.75, 3.05) is 26.9 Å². The van der Waals surface area contributed by atoms with Gasteiger partial charge in [0.2, 0.25) is 10.0 Å². The number of sulfonamides is 1. The molecule has 52 heavy (non-hydrogen) atoms. The standard InChI is InChI=1S/C20H28N2O5S.C20H13O3P/c1-4-26-17-7-5-6-8-18(17)27-12-11-22-15(2)13-16-9-10-19(25-3)20(14-16)28(21,23)24;21-24-22-17-11-9-13-5-1-3-7-15(13)19(17)20-16-8-4-2-6-14(16)10-12-18(20)23-24/h5-10,14-15,22H,4,11-13H2,1-3H3,(H2,21,23,24);1-12,21H/t15-;/m0./s1. The third kappa shape index (κ3) is 8.53. The van der Waals surface area contributed by atoms with Crippen molar-refractivity contribution in [3.63, 3.8) is 0 Å². The molecule has 10 nitrogen and oxygen atoms in total. The van der Waals surface area contributed by atoms with Crippen LogP contribution < -0.4 is 24.7 Å². The highest BCUT2D eigenvalue weighted by Crippen LogP contribution is 2.39. The number of hydrogen-bond acceptors (Lipinski definition) is 9. The van der Waals surface area contributed by atoms with Gasteiger partial charge in [-0.3, -0.25) is 4.89 Å². The highest BCUT2D eigenvalue weighted by Gasteiger charge is 2.17. The maximum atomic E-state index is 11.7. The molecule has 0 saturated heterocycles. The van der Waals surface area contributed by atoms with Crippen LogP contribution >= 0.6 is 8.24 Å². The van der Waals surface area contributed by atoms with Gasteiger partial charge in [0.25, 0.3) is 0 Å². The predicted octanol–water partition coefficient (Wildman–Crippen LogP) is 8.69. The van der Waals surface area contributed by atoms with Crippen LogP contribution in [-0.2, 0) is 16.4 Å². The molecule has 7 rings (SSSR count). The van der Waals surface area contributed by atoms with Crippen molar-refractivity contribution in [3.8, 4) is 17.2 Å². The van der Waals surface area contributed by atoms with Crippen LogP contribution in [0, 0.1) is 0 Å². The first-order chi connectivity index (χ1) is 25.2. The molecule has 0 aliphatic rings. The van der Waals surface area contributed by atoms with Crippen LogP contribution in [0.3, 0.4) is 0 Å². The van der Waals surface area contributed by atoms with Crippen molar-refractivity contribution in [2.24, 2.45) is 5.14 Å². The minimum absolute atomic E-state index is 0.00411. The van der Waals surface area contributed by atoms with Gasteiger partial charge < -0.3 is 27.9 Å². The number of rotatable bonds is 11. The minimum atomic E-state index is -3.84. The summed E-state index contributed by atoms with van der Waals surface area (Å²) in [5.74, 6) is 1.69. The van der Waals surface area contributed by atoms with E-state index in [4.69, 9.17) is 27.7 Å². The average molecular weight is 741 g/mol. The summed E-state index contributed by atoms with van der Waals surface area (Å²) in [6.07, 6.45) is 0.641. The monoisotopic (exact) mass is 740 g/mol. The molecule has 7 aromatic rings. The van der Waals surface area contributed by atoms with Gasteiger partial charge in [0.1, 0.15) is 28.4 Å². The number of hydrogen-bond donors (Lipinski definition) is 3. The summed E-state index contributed by atoms with van der Waals surface area (Å²) < 4.78 is 51.2. The lowest BCUT2D eigenvalue weighted by atomic mass is 9.99. The maximum absolute atomic E-state index is 11.7. The van der Waals surface area contributed by atoms with E-state index in [0.717, 1.165) is 43.6 Å². The third-order valence-corrected chi connectivity index (χ3v) is 10.1. The zero-order valence-corrected chi connectivity index (χ0v) is 30.8. The summed E-state index contributed by atoms with van der Waals surface area (Å²) in [5, 5.41) is 15.0.